The third-order valence-corrected chi connectivity index (χ3v) is 3.69. The van der Waals surface area contributed by atoms with E-state index in [0.717, 1.165) is 27.5 Å². The highest BCUT2D eigenvalue weighted by molar-refractivity contribution is 6.31. The lowest BCUT2D eigenvalue weighted by atomic mass is 10.1. The van der Waals surface area contributed by atoms with Gasteiger partial charge in [-0.1, -0.05) is 41.4 Å². The number of ether oxygens (including phenoxy) is 1. The molecular weight excluding hydrogens is 298 g/mol. The van der Waals surface area contributed by atoms with Gasteiger partial charge in [-0.3, -0.25) is 4.79 Å². The number of carbonyl (C=O) groups is 1. The van der Waals surface area contributed by atoms with Crippen molar-refractivity contribution in [3.05, 3.63) is 64.2 Å². The number of amides is 1. The minimum Gasteiger partial charge on any atom is -0.492 e. The summed E-state index contributed by atoms with van der Waals surface area (Å²) in [4.78, 5) is 11.8. The SMILES string of the molecule is Cc1cccc(CC(=O)NCCOc2ccc(Cl)c(C)c2)c1. The summed E-state index contributed by atoms with van der Waals surface area (Å²) in [6.07, 6.45) is 0.391. The third-order valence-electron chi connectivity index (χ3n) is 3.27. The second kappa shape index (κ2) is 7.85. The van der Waals surface area contributed by atoms with E-state index in [1.165, 1.54) is 0 Å². The van der Waals surface area contributed by atoms with E-state index in [4.69, 9.17) is 16.3 Å². The molecule has 2 aromatic carbocycles. The predicted octanol–water partition coefficient (Wildman–Crippen LogP) is 3.69. The molecule has 0 aliphatic carbocycles. The van der Waals surface area contributed by atoms with Crippen LogP contribution in [-0.4, -0.2) is 19.1 Å². The van der Waals surface area contributed by atoms with Crippen molar-refractivity contribution in [1.29, 1.82) is 0 Å². The van der Waals surface area contributed by atoms with Crippen LogP contribution in [0.25, 0.3) is 0 Å². The van der Waals surface area contributed by atoms with Gasteiger partial charge in [-0.25, -0.2) is 0 Å². The van der Waals surface area contributed by atoms with Crippen molar-refractivity contribution in [2.45, 2.75) is 20.3 Å². The van der Waals surface area contributed by atoms with Gasteiger partial charge in [-0.15, -0.1) is 0 Å². The van der Waals surface area contributed by atoms with Crippen LogP contribution in [0.2, 0.25) is 5.02 Å². The number of hydrogen-bond acceptors (Lipinski definition) is 2. The van der Waals surface area contributed by atoms with Crippen molar-refractivity contribution >= 4 is 17.5 Å². The number of benzene rings is 2. The molecule has 1 amide bonds. The van der Waals surface area contributed by atoms with Gasteiger partial charge < -0.3 is 10.1 Å². The smallest absolute Gasteiger partial charge is 0.224 e. The maximum Gasteiger partial charge on any atom is 0.224 e. The number of rotatable bonds is 6. The van der Waals surface area contributed by atoms with Crippen LogP contribution in [0.3, 0.4) is 0 Å². The molecule has 0 radical (unpaired) electrons. The molecule has 22 heavy (non-hydrogen) atoms. The summed E-state index contributed by atoms with van der Waals surface area (Å²) in [5, 5.41) is 3.58. The van der Waals surface area contributed by atoms with Crippen molar-refractivity contribution < 1.29 is 9.53 Å². The number of hydrogen-bond donors (Lipinski definition) is 1. The maximum absolute atomic E-state index is 11.8. The normalized spacial score (nSPS) is 10.3. The van der Waals surface area contributed by atoms with Gasteiger partial charge in [0.2, 0.25) is 5.91 Å². The van der Waals surface area contributed by atoms with Crippen LogP contribution in [0.4, 0.5) is 0 Å². The standard InChI is InChI=1S/C18H20ClNO2/c1-13-4-3-5-15(10-13)12-18(21)20-8-9-22-16-6-7-17(19)14(2)11-16/h3-7,10-11H,8-9,12H2,1-2H3,(H,20,21). The Labute approximate surface area is 136 Å². The fraction of sp³-hybridized carbons (Fsp3) is 0.278. The number of aryl methyl sites for hydroxylation is 2. The van der Waals surface area contributed by atoms with Crippen LogP contribution in [0.1, 0.15) is 16.7 Å². The molecule has 2 aromatic rings. The summed E-state index contributed by atoms with van der Waals surface area (Å²) < 4.78 is 5.59. The maximum atomic E-state index is 11.8. The summed E-state index contributed by atoms with van der Waals surface area (Å²) in [6, 6.07) is 13.5. The van der Waals surface area contributed by atoms with E-state index in [1.54, 1.807) is 0 Å². The zero-order valence-electron chi connectivity index (χ0n) is 12.9. The van der Waals surface area contributed by atoms with E-state index >= 15 is 0 Å². The van der Waals surface area contributed by atoms with E-state index < -0.39 is 0 Å². The molecule has 0 saturated heterocycles. The lowest BCUT2D eigenvalue weighted by Crippen LogP contribution is -2.29. The van der Waals surface area contributed by atoms with E-state index in [-0.39, 0.29) is 5.91 Å². The predicted molar refractivity (Wildman–Crippen MR) is 89.6 cm³/mol. The summed E-state index contributed by atoms with van der Waals surface area (Å²) in [5.41, 5.74) is 3.15. The quantitative estimate of drug-likeness (QED) is 0.825. The first-order chi connectivity index (χ1) is 10.5. The Balaban J connectivity index is 1.72. The Kier molecular flexibility index (Phi) is 5.84. The molecule has 0 aliphatic rings. The van der Waals surface area contributed by atoms with Crippen LogP contribution in [-0.2, 0) is 11.2 Å². The molecule has 0 aliphatic heterocycles. The van der Waals surface area contributed by atoms with Crippen LogP contribution in [0.5, 0.6) is 5.75 Å². The molecule has 0 atom stereocenters. The van der Waals surface area contributed by atoms with E-state index in [0.29, 0.717) is 19.6 Å². The lowest BCUT2D eigenvalue weighted by Gasteiger charge is -2.09. The topological polar surface area (TPSA) is 38.3 Å². The summed E-state index contributed by atoms with van der Waals surface area (Å²) >= 11 is 5.96. The van der Waals surface area contributed by atoms with Crippen molar-refractivity contribution in [1.82, 2.24) is 5.32 Å². The first-order valence-electron chi connectivity index (χ1n) is 7.26. The summed E-state index contributed by atoms with van der Waals surface area (Å²) in [5.74, 6) is 0.760. The first kappa shape index (κ1) is 16.4. The van der Waals surface area contributed by atoms with Crippen molar-refractivity contribution in [2.24, 2.45) is 0 Å². The lowest BCUT2D eigenvalue weighted by molar-refractivity contribution is -0.120. The number of nitrogens with one attached hydrogen (secondary N) is 1. The van der Waals surface area contributed by atoms with Crippen LogP contribution in [0.15, 0.2) is 42.5 Å². The monoisotopic (exact) mass is 317 g/mol. The van der Waals surface area contributed by atoms with Crippen LogP contribution in [0, 0.1) is 13.8 Å². The van der Waals surface area contributed by atoms with Crippen LogP contribution < -0.4 is 10.1 Å². The van der Waals surface area contributed by atoms with Gasteiger partial charge in [-0.05, 0) is 43.2 Å². The summed E-state index contributed by atoms with van der Waals surface area (Å²) in [7, 11) is 0. The third kappa shape index (κ3) is 5.08. The van der Waals surface area contributed by atoms with Gasteiger partial charge >= 0.3 is 0 Å². The Hall–Kier alpha value is -2.00. The minimum absolute atomic E-state index is 0.00138. The fourth-order valence-electron chi connectivity index (χ4n) is 2.14. The van der Waals surface area contributed by atoms with Gasteiger partial charge in [0.05, 0.1) is 13.0 Å². The molecule has 0 unspecified atom stereocenters. The van der Waals surface area contributed by atoms with E-state index in [2.05, 4.69) is 5.32 Å². The fourth-order valence-corrected chi connectivity index (χ4v) is 2.25. The molecule has 0 saturated carbocycles. The second-order valence-electron chi connectivity index (χ2n) is 5.28. The molecule has 0 heterocycles. The van der Waals surface area contributed by atoms with Crippen LogP contribution >= 0.6 is 11.6 Å². The van der Waals surface area contributed by atoms with Gasteiger partial charge in [-0.2, -0.15) is 0 Å². The second-order valence-corrected chi connectivity index (χ2v) is 5.68. The zero-order valence-corrected chi connectivity index (χ0v) is 13.6. The highest BCUT2D eigenvalue weighted by Gasteiger charge is 2.03. The average molecular weight is 318 g/mol. The molecule has 0 spiro atoms. The molecule has 4 heteroatoms. The Bertz CT molecular complexity index is 655. The van der Waals surface area contributed by atoms with Gasteiger partial charge in [0, 0.05) is 5.02 Å². The molecule has 0 aromatic heterocycles. The summed E-state index contributed by atoms with van der Waals surface area (Å²) in [6.45, 7) is 4.86. The van der Waals surface area contributed by atoms with Crippen molar-refractivity contribution in [2.75, 3.05) is 13.2 Å². The van der Waals surface area contributed by atoms with Gasteiger partial charge in [0.1, 0.15) is 12.4 Å². The zero-order chi connectivity index (χ0) is 15.9. The Morgan fingerprint density at radius 3 is 2.73 bits per heavy atom. The van der Waals surface area contributed by atoms with Crippen molar-refractivity contribution in [3.63, 3.8) is 0 Å². The first-order valence-corrected chi connectivity index (χ1v) is 7.63. The molecule has 0 bridgehead atoms. The van der Waals surface area contributed by atoms with E-state index in [1.807, 2.05) is 56.3 Å². The minimum atomic E-state index is 0.00138. The largest absolute Gasteiger partial charge is 0.492 e. The molecule has 1 N–H and O–H groups in total. The molecule has 3 nitrogen and oxygen atoms in total. The Morgan fingerprint density at radius 1 is 1.18 bits per heavy atom. The Morgan fingerprint density at radius 2 is 2.00 bits per heavy atom. The number of halogens is 1. The highest BCUT2D eigenvalue weighted by atomic mass is 35.5. The molecule has 116 valence electrons. The van der Waals surface area contributed by atoms with Gasteiger partial charge in [0.25, 0.3) is 0 Å². The molecule has 2 rings (SSSR count). The number of carbonyl (C=O) groups excluding carboxylic acids is 1. The molecule has 0 fully saturated rings. The van der Waals surface area contributed by atoms with Gasteiger partial charge in [0.15, 0.2) is 0 Å². The molecular formula is C18H20ClNO2. The highest BCUT2D eigenvalue weighted by Crippen LogP contribution is 2.20. The van der Waals surface area contributed by atoms with E-state index in [9.17, 15) is 4.79 Å². The average Bonchev–Trinajstić information content (AvgIpc) is 2.47. The van der Waals surface area contributed by atoms with Crippen molar-refractivity contribution in [3.8, 4) is 5.75 Å².